The van der Waals surface area contributed by atoms with Crippen molar-refractivity contribution in [2.45, 2.75) is 18.7 Å². The number of hydrogen-bond donors (Lipinski definition) is 0. The number of aromatic nitrogens is 3. The van der Waals surface area contributed by atoms with Crippen LogP contribution in [0.25, 0.3) is 16.8 Å². The minimum atomic E-state index is -3.75. The molecular weight excluding hydrogens is 398 g/mol. The lowest BCUT2D eigenvalue weighted by molar-refractivity contribution is 0.490. The summed E-state index contributed by atoms with van der Waals surface area (Å²) in [6.45, 7) is 3.63. The number of pyridine rings is 2. The minimum absolute atomic E-state index is 0.249. The van der Waals surface area contributed by atoms with Crippen LogP contribution in [0.4, 0.5) is 0 Å². The van der Waals surface area contributed by atoms with E-state index in [9.17, 15) is 8.42 Å². The molecule has 3 aromatic heterocycles. The van der Waals surface area contributed by atoms with Gasteiger partial charge >= 0.3 is 0 Å². The van der Waals surface area contributed by atoms with Gasteiger partial charge in [-0.3, -0.25) is 9.38 Å². The Labute approximate surface area is 175 Å². The predicted octanol–water partition coefficient (Wildman–Crippen LogP) is 3.67. The Morgan fingerprint density at radius 2 is 1.90 bits per heavy atom. The van der Waals surface area contributed by atoms with Gasteiger partial charge in [0.1, 0.15) is 5.65 Å². The lowest BCUT2D eigenvalue weighted by atomic mass is 10.1. The largest absolute Gasteiger partial charge is 0.298 e. The predicted molar refractivity (Wildman–Crippen MR) is 117 cm³/mol. The van der Waals surface area contributed by atoms with Gasteiger partial charge in [-0.15, -0.1) is 0 Å². The summed E-state index contributed by atoms with van der Waals surface area (Å²) < 4.78 is 28.8. The van der Waals surface area contributed by atoms with Gasteiger partial charge in [-0.1, -0.05) is 18.2 Å². The molecule has 0 atom stereocenters. The van der Waals surface area contributed by atoms with Crippen molar-refractivity contribution in [3.63, 3.8) is 0 Å². The number of aryl methyl sites for hydroxylation is 2. The fraction of sp³-hybridized carbons (Fsp3) is 0.136. The Bertz CT molecular complexity index is 1340. The molecule has 0 fully saturated rings. The van der Waals surface area contributed by atoms with E-state index in [0.29, 0.717) is 11.3 Å². The van der Waals surface area contributed by atoms with Gasteiger partial charge < -0.3 is 0 Å². The van der Waals surface area contributed by atoms with Crippen LogP contribution in [0.2, 0.25) is 0 Å². The lowest BCUT2D eigenvalue weighted by Crippen LogP contribution is -2.23. The molecule has 1 aromatic carbocycles. The summed E-state index contributed by atoms with van der Waals surface area (Å²) in [7, 11) is -2.32. The van der Waals surface area contributed by atoms with Gasteiger partial charge in [-0.25, -0.2) is 4.98 Å². The maximum Gasteiger partial charge on any atom is 0.279 e. The Balaban J connectivity index is 1.67. The second-order valence-corrected chi connectivity index (χ2v) is 8.94. The number of nitrogens with zero attached hydrogens (tertiary/aromatic N) is 5. The smallest absolute Gasteiger partial charge is 0.279 e. The summed E-state index contributed by atoms with van der Waals surface area (Å²) >= 11 is 0. The molecule has 30 heavy (non-hydrogen) atoms. The molecule has 0 saturated heterocycles. The van der Waals surface area contributed by atoms with Crippen LogP contribution in [0.1, 0.15) is 16.8 Å². The van der Waals surface area contributed by atoms with E-state index in [-0.39, 0.29) is 4.90 Å². The molecule has 152 valence electrons. The molecule has 0 radical (unpaired) electrons. The number of sulfonamides is 1. The van der Waals surface area contributed by atoms with Gasteiger partial charge in [-0.05, 0) is 49.2 Å². The van der Waals surface area contributed by atoms with Crippen molar-refractivity contribution in [2.24, 2.45) is 5.10 Å². The highest BCUT2D eigenvalue weighted by atomic mass is 32.2. The maximum atomic E-state index is 13.0. The maximum absolute atomic E-state index is 13.0. The number of fused-ring (bicyclic) bond motifs is 1. The van der Waals surface area contributed by atoms with Crippen LogP contribution in [0.15, 0.2) is 77.2 Å². The molecule has 0 aliphatic heterocycles. The van der Waals surface area contributed by atoms with Crippen LogP contribution >= 0.6 is 0 Å². The summed E-state index contributed by atoms with van der Waals surface area (Å²) in [5, 5.41) is 4.19. The lowest BCUT2D eigenvalue weighted by Gasteiger charge is -2.15. The molecule has 0 aliphatic carbocycles. The van der Waals surface area contributed by atoms with Crippen LogP contribution in [-0.2, 0) is 10.0 Å². The highest BCUT2D eigenvalue weighted by Crippen LogP contribution is 2.21. The van der Waals surface area contributed by atoms with Crippen LogP contribution in [0, 0.1) is 13.8 Å². The highest BCUT2D eigenvalue weighted by molar-refractivity contribution is 7.89. The first kappa shape index (κ1) is 19.8. The average molecular weight is 420 g/mol. The zero-order valence-corrected chi connectivity index (χ0v) is 17.7. The molecule has 8 heteroatoms. The number of rotatable bonds is 5. The zero-order valence-electron chi connectivity index (χ0n) is 16.9. The normalized spacial score (nSPS) is 12.0. The van der Waals surface area contributed by atoms with E-state index in [1.54, 1.807) is 37.6 Å². The molecule has 4 aromatic rings. The van der Waals surface area contributed by atoms with E-state index >= 15 is 0 Å². The van der Waals surface area contributed by atoms with Gasteiger partial charge in [-0.2, -0.15) is 17.9 Å². The van der Waals surface area contributed by atoms with E-state index in [0.717, 1.165) is 26.8 Å². The first-order valence-electron chi connectivity index (χ1n) is 9.34. The molecule has 0 unspecified atom stereocenters. The summed E-state index contributed by atoms with van der Waals surface area (Å²) in [5.41, 5.74) is 4.91. The Kier molecular flexibility index (Phi) is 5.09. The van der Waals surface area contributed by atoms with Crippen LogP contribution in [0.3, 0.4) is 0 Å². The minimum Gasteiger partial charge on any atom is -0.298 e. The first-order chi connectivity index (χ1) is 14.4. The number of benzene rings is 1. The number of hydrazone groups is 1. The Morgan fingerprint density at radius 1 is 1.07 bits per heavy atom. The van der Waals surface area contributed by atoms with Crippen molar-refractivity contribution in [1.29, 1.82) is 0 Å². The first-order valence-corrected chi connectivity index (χ1v) is 10.8. The zero-order chi connectivity index (χ0) is 21.3. The summed E-state index contributed by atoms with van der Waals surface area (Å²) in [6, 6.07) is 13.1. The fourth-order valence-electron chi connectivity index (χ4n) is 3.13. The highest BCUT2D eigenvalue weighted by Gasteiger charge is 2.21. The van der Waals surface area contributed by atoms with E-state index < -0.39 is 10.0 Å². The molecule has 0 saturated carbocycles. The molecule has 0 spiro atoms. The Morgan fingerprint density at radius 3 is 2.67 bits per heavy atom. The van der Waals surface area contributed by atoms with E-state index in [1.165, 1.54) is 13.3 Å². The van der Waals surface area contributed by atoms with Gasteiger partial charge in [0.2, 0.25) is 0 Å². The number of hydrogen-bond acceptors (Lipinski definition) is 5. The van der Waals surface area contributed by atoms with E-state index in [1.807, 2.05) is 47.9 Å². The van der Waals surface area contributed by atoms with Crippen molar-refractivity contribution in [2.75, 3.05) is 7.05 Å². The van der Waals surface area contributed by atoms with Crippen LogP contribution in [0.5, 0.6) is 0 Å². The molecule has 0 bridgehead atoms. The quantitative estimate of drug-likeness (QED) is 0.365. The molecule has 0 amide bonds. The van der Waals surface area contributed by atoms with Crippen molar-refractivity contribution >= 4 is 21.9 Å². The van der Waals surface area contributed by atoms with E-state index in [2.05, 4.69) is 15.1 Å². The standard InChI is InChI=1S/C22H21N5O2S/c1-16-6-7-17(2)21(11-16)30(28,29)26(3)25-14-20-13-24-22-9-8-19(15-27(20)22)18-5-4-10-23-12-18/h4-15H,1-3H3. The van der Waals surface area contributed by atoms with Crippen molar-refractivity contribution in [3.05, 3.63) is 84.1 Å². The summed E-state index contributed by atoms with van der Waals surface area (Å²) in [6.07, 6.45) is 8.60. The Hall–Kier alpha value is -3.52. The van der Waals surface area contributed by atoms with Crippen molar-refractivity contribution in [3.8, 4) is 11.1 Å². The van der Waals surface area contributed by atoms with Gasteiger partial charge in [0, 0.05) is 36.8 Å². The summed E-state index contributed by atoms with van der Waals surface area (Å²) in [4.78, 5) is 8.77. The van der Waals surface area contributed by atoms with Gasteiger partial charge in [0.25, 0.3) is 10.0 Å². The van der Waals surface area contributed by atoms with Crippen LogP contribution in [-0.4, -0.2) is 40.5 Å². The second-order valence-electron chi connectivity index (χ2n) is 7.02. The van der Waals surface area contributed by atoms with Crippen LogP contribution < -0.4 is 0 Å². The van der Waals surface area contributed by atoms with Crippen molar-refractivity contribution in [1.82, 2.24) is 18.8 Å². The number of imidazole rings is 1. The van der Waals surface area contributed by atoms with Gasteiger partial charge in [0.05, 0.1) is 23.0 Å². The summed E-state index contributed by atoms with van der Waals surface area (Å²) in [5.74, 6) is 0. The monoisotopic (exact) mass is 419 g/mol. The fourth-order valence-corrected chi connectivity index (χ4v) is 4.39. The topological polar surface area (TPSA) is 79.9 Å². The molecule has 7 nitrogen and oxygen atoms in total. The molecule has 3 heterocycles. The third-order valence-corrected chi connectivity index (χ3v) is 6.64. The average Bonchev–Trinajstić information content (AvgIpc) is 3.16. The molecular formula is C22H21N5O2S. The SMILES string of the molecule is Cc1ccc(C)c(S(=O)(=O)N(C)N=Cc2cnc3ccc(-c4cccnc4)cn23)c1. The molecule has 0 aliphatic rings. The third-order valence-electron chi connectivity index (χ3n) is 4.85. The van der Waals surface area contributed by atoms with Gasteiger partial charge in [0.15, 0.2) is 0 Å². The van der Waals surface area contributed by atoms with E-state index in [4.69, 9.17) is 0 Å². The van der Waals surface area contributed by atoms with Crippen molar-refractivity contribution < 1.29 is 8.42 Å². The third kappa shape index (κ3) is 3.69. The second kappa shape index (κ2) is 7.72. The molecule has 4 rings (SSSR count). The molecule has 0 N–H and O–H groups in total.